The molecule has 0 bridgehead atoms. The van der Waals surface area contributed by atoms with Gasteiger partial charge in [-0.05, 0) is 62.6 Å². The van der Waals surface area contributed by atoms with Gasteiger partial charge in [-0.1, -0.05) is 50.6 Å². The largest absolute Gasteiger partial charge is 0.482 e. The van der Waals surface area contributed by atoms with Crippen molar-refractivity contribution in [3.63, 3.8) is 0 Å². The lowest BCUT2D eigenvalue weighted by Gasteiger charge is -2.30. The third-order valence-corrected chi connectivity index (χ3v) is 5.76. The van der Waals surface area contributed by atoms with E-state index in [1.54, 1.807) is 11.0 Å². The Bertz CT molecular complexity index is 1000. The number of amides is 1. The van der Waals surface area contributed by atoms with Crippen molar-refractivity contribution in [1.82, 2.24) is 15.1 Å². The first-order valence-corrected chi connectivity index (χ1v) is 14.0. The highest BCUT2D eigenvalue weighted by Gasteiger charge is 2.13. The second kappa shape index (κ2) is 22.2. The number of benzene rings is 2. The number of nitrogens with one attached hydrogen (secondary N) is 1. The zero-order valence-electron chi connectivity index (χ0n) is 25.1. The van der Waals surface area contributed by atoms with Crippen molar-refractivity contribution in [2.24, 2.45) is 0 Å². The van der Waals surface area contributed by atoms with E-state index in [2.05, 4.69) is 50.4 Å². The van der Waals surface area contributed by atoms with Gasteiger partial charge in [0.2, 0.25) is 0 Å². The third kappa shape index (κ3) is 15.1. The minimum atomic E-state index is -1.00. The summed E-state index contributed by atoms with van der Waals surface area (Å²) in [4.78, 5) is 27.1. The molecule has 220 valence electrons. The molecule has 7 nitrogen and oxygen atoms in total. The van der Waals surface area contributed by atoms with Crippen LogP contribution in [-0.4, -0.2) is 78.7 Å². The average Bonchev–Trinajstić information content (AvgIpc) is 2.95. The number of carboxylic acid groups (broad SMARTS) is 1. The number of rotatable bonds is 10. The van der Waals surface area contributed by atoms with E-state index in [0.717, 1.165) is 37.3 Å². The molecule has 0 spiro atoms. The Hall–Kier alpha value is -3.60. The summed E-state index contributed by atoms with van der Waals surface area (Å²) in [5.74, 6) is -0.423. The Morgan fingerprint density at radius 3 is 2.25 bits per heavy atom. The number of terminal acetylenes is 1. The van der Waals surface area contributed by atoms with Gasteiger partial charge < -0.3 is 20.1 Å². The average molecular weight is 552 g/mol. The smallest absolute Gasteiger partial charge is 0.341 e. The van der Waals surface area contributed by atoms with Crippen LogP contribution in [0.15, 0.2) is 61.2 Å². The Kier molecular flexibility index (Phi) is 20.2. The van der Waals surface area contributed by atoms with Crippen LogP contribution in [0.3, 0.4) is 0 Å². The molecular weight excluding hydrogens is 502 g/mol. The lowest BCUT2D eigenvalue weighted by molar-refractivity contribution is -0.139. The molecule has 3 rings (SSSR count). The van der Waals surface area contributed by atoms with E-state index in [-0.39, 0.29) is 12.5 Å². The van der Waals surface area contributed by atoms with Gasteiger partial charge in [-0.15, -0.1) is 19.4 Å². The summed E-state index contributed by atoms with van der Waals surface area (Å²) in [6.45, 7) is 19.6. The van der Waals surface area contributed by atoms with Crippen LogP contribution < -0.4 is 10.1 Å². The minimum absolute atomic E-state index is 0.0422. The van der Waals surface area contributed by atoms with Crippen LogP contribution in [0.4, 0.5) is 0 Å². The van der Waals surface area contributed by atoms with E-state index in [1.165, 1.54) is 6.42 Å². The van der Waals surface area contributed by atoms with Crippen LogP contribution in [0.5, 0.6) is 5.75 Å². The van der Waals surface area contributed by atoms with Gasteiger partial charge in [-0.3, -0.25) is 9.69 Å². The molecule has 1 atom stereocenters. The molecule has 2 aromatic carbocycles. The monoisotopic (exact) mass is 551 g/mol. The second-order valence-electron chi connectivity index (χ2n) is 9.29. The molecule has 2 N–H and O–H groups in total. The molecule has 2 aromatic rings. The van der Waals surface area contributed by atoms with Crippen molar-refractivity contribution in [3.05, 3.63) is 77.9 Å². The predicted octanol–water partition coefficient (Wildman–Crippen LogP) is 5.35. The number of carbonyl (C=O) groups is 2. The Morgan fingerprint density at radius 1 is 1.10 bits per heavy atom. The first-order valence-electron chi connectivity index (χ1n) is 14.0. The fourth-order valence-electron chi connectivity index (χ4n) is 3.95. The number of carboxylic acids is 1. The summed E-state index contributed by atoms with van der Waals surface area (Å²) >= 11 is 0. The van der Waals surface area contributed by atoms with Gasteiger partial charge in [0.15, 0.2) is 6.61 Å². The molecule has 0 radical (unpaired) electrons. The fraction of sp³-hybridized carbons (Fsp3) is 0.455. The van der Waals surface area contributed by atoms with Crippen molar-refractivity contribution in [2.75, 3.05) is 45.9 Å². The van der Waals surface area contributed by atoms with Gasteiger partial charge in [0.25, 0.3) is 5.91 Å². The van der Waals surface area contributed by atoms with E-state index < -0.39 is 5.97 Å². The SMILES string of the molecule is C#C.C=CCN1CCN[C@@H](C)C1.CCC.CCN(CC)C(=O)c1ccc(Cc2cccc(OCC(=O)O)c2)cc1. The van der Waals surface area contributed by atoms with Crippen LogP contribution in [-0.2, 0) is 11.2 Å². The zero-order chi connectivity index (χ0) is 30.3. The molecule has 0 aliphatic carbocycles. The maximum Gasteiger partial charge on any atom is 0.341 e. The van der Waals surface area contributed by atoms with Crippen molar-refractivity contribution in [1.29, 1.82) is 0 Å². The van der Waals surface area contributed by atoms with E-state index in [9.17, 15) is 9.59 Å². The van der Waals surface area contributed by atoms with E-state index in [4.69, 9.17) is 9.84 Å². The summed E-state index contributed by atoms with van der Waals surface area (Å²) < 4.78 is 5.20. The summed E-state index contributed by atoms with van der Waals surface area (Å²) in [5.41, 5.74) is 2.78. The summed E-state index contributed by atoms with van der Waals surface area (Å²) in [6, 6.07) is 15.6. The van der Waals surface area contributed by atoms with Gasteiger partial charge in [-0.25, -0.2) is 4.79 Å². The quantitative estimate of drug-likeness (QED) is 0.306. The molecule has 1 fully saturated rings. The highest BCUT2D eigenvalue weighted by atomic mass is 16.5. The van der Waals surface area contributed by atoms with Gasteiger partial charge in [0.1, 0.15) is 5.75 Å². The molecule has 1 aliphatic rings. The molecule has 1 aliphatic heterocycles. The molecule has 1 saturated heterocycles. The Balaban J connectivity index is 0.000000837. The molecule has 7 heteroatoms. The van der Waals surface area contributed by atoms with Crippen LogP contribution in [0.1, 0.15) is 62.5 Å². The minimum Gasteiger partial charge on any atom is -0.482 e. The first kappa shape index (κ1) is 36.4. The maximum atomic E-state index is 12.3. The van der Waals surface area contributed by atoms with Gasteiger partial charge in [0, 0.05) is 50.9 Å². The van der Waals surface area contributed by atoms with Gasteiger partial charge in [0.05, 0.1) is 0 Å². The van der Waals surface area contributed by atoms with Crippen molar-refractivity contribution >= 4 is 11.9 Å². The highest BCUT2D eigenvalue weighted by Crippen LogP contribution is 2.17. The van der Waals surface area contributed by atoms with Crippen LogP contribution in [0.25, 0.3) is 0 Å². The molecule has 1 heterocycles. The lowest BCUT2D eigenvalue weighted by Crippen LogP contribution is -2.49. The first-order chi connectivity index (χ1) is 19.3. The standard InChI is InChI=1S/C20H23NO4.C8H16N2.C3H8.C2H2/c1-3-21(4-2)20(24)17-10-8-15(9-11-17)12-16-6-5-7-18(13-16)25-14-19(22)23;1-3-5-10-6-4-9-8(2)7-10;1-3-2;1-2/h5-11,13H,3-4,12,14H2,1-2H3,(H,22,23);3,8-9H,1,4-7H2,2H3;3H2,1-2H3;1-2H/t;8-;;/m.0../s1. The fourth-order valence-corrected chi connectivity index (χ4v) is 3.95. The molecule has 40 heavy (non-hydrogen) atoms. The van der Waals surface area contributed by atoms with Crippen LogP contribution >= 0.6 is 0 Å². The number of ether oxygens (including phenoxy) is 1. The Morgan fingerprint density at radius 2 is 1.73 bits per heavy atom. The van der Waals surface area contributed by atoms with Gasteiger partial charge in [-0.2, -0.15) is 0 Å². The molecule has 0 unspecified atom stereocenters. The zero-order valence-corrected chi connectivity index (χ0v) is 25.1. The second-order valence-corrected chi connectivity index (χ2v) is 9.29. The maximum absolute atomic E-state index is 12.3. The predicted molar refractivity (Wildman–Crippen MR) is 166 cm³/mol. The van der Waals surface area contributed by atoms with E-state index >= 15 is 0 Å². The number of carbonyl (C=O) groups excluding carboxylic acids is 1. The lowest BCUT2D eigenvalue weighted by atomic mass is 10.0. The number of piperazine rings is 1. The van der Waals surface area contributed by atoms with Crippen molar-refractivity contribution < 1.29 is 19.4 Å². The number of hydrogen-bond donors (Lipinski definition) is 2. The van der Waals surface area contributed by atoms with E-state index in [1.807, 2.05) is 62.4 Å². The summed E-state index contributed by atoms with van der Waals surface area (Å²) in [5, 5.41) is 12.1. The van der Waals surface area contributed by atoms with Crippen molar-refractivity contribution in [3.8, 4) is 18.6 Å². The summed E-state index contributed by atoms with van der Waals surface area (Å²) in [7, 11) is 0. The molecule has 0 aromatic heterocycles. The van der Waals surface area contributed by atoms with Crippen LogP contribution in [0.2, 0.25) is 0 Å². The topological polar surface area (TPSA) is 82.1 Å². The third-order valence-electron chi connectivity index (χ3n) is 5.76. The van der Waals surface area contributed by atoms with E-state index in [0.29, 0.717) is 36.9 Å². The Labute approximate surface area is 242 Å². The molecular formula is C33H49N3O4. The number of nitrogens with zero attached hydrogens (tertiary/aromatic N) is 2. The van der Waals surface area contributed by atoms with Crippen molar-refractivity contribution in [2.45, 2.75) is 53.5 Å². The number of aliphatic carboxylic acids is 1. The normalized spacial score (nSPS) is 14.0. The summed E-state index contributed by atoms with van der Waals surface area (Å²) in [6.07, 6.45) is 11.9. The van der Waals surface area contributed by atoms with Crippen LogP contribution in [0, 0.1) is 12.8 Å². The van der Waals surface area contributed by atoms with Gasteiger partial charge >= 0.3 is 5.97 Å². The number of hydrogen-bond acceptors (Lipinski definition) is 5. The molecule has 1 amide bonds. The molecule has 0 saturated carbocycles. The highest BCUT2D eigenvalue weighted by molar-refractivity contribution is 5.94.